The molecule has 1 aromatic heterocycles. The number of carbonyl (C=O) groups is 1. The third-order valence-corrected chi connectivity index (χ3v) is 5.66. The van der Waals surface area contributed by atoms with Gasteiger partial charge in [0.05, 0.1) is 5.69 Å². The van der Waals surface area contributed by atoms with Gasteiger partial charge in [0.2, 0.25) is 5.91 Å². The first kappa shape index (κ1) is 14.0. The van der Waals surface area contributed by atoms with E-state index in [1.807, 2.05) is 6.92 Å². The van der Waals surface area contributed by atoms with Crippen molar-refractivity contribution in [3.05, 3.63) is 11.1 Å². The average molecular weight is 293 g/mol. The van der Waals surface area contributed by atoms with Crippen LogP contribution in [0.25, 0.3) is 0 Å². The van der Waals surface area contributed by atoms with Gasteiger partial charge in [-0.15, -0.1) is 11.3 Å². The summed E-state index contributed by atoms with van der Waals surface area (Å²) in [6.45, 7) is 5.09. The van der Waals surface area contributed by atoms with Gasteiger partial charge in [-0.25, -0.2) is 4.98 Å². The Kier molecular flexibility index (Phi) is 4.08. The topological polar surface area (TPSA) is 45.2 Å². The molecule has 3 atom stereocenters. The Morgan fingerprint density at radius 1 is 1.50 bits per heavy atom. The summed E-state index contributed by atoms with van der Waals surface area (Å²) >= 11 is 1.56. The van der Waals surface area contributed by atoms with E-state index in [9.17, 15) is 4.79 Å². The van der Waals surface area contributed by atoms with Crippen molar-refractivity contribution < 1.29 is 4.79 Å². The Labute approximate surface area is 124 Å². The van der Waals surface area contributed by atoms with E-state index in [-0.39, 0.29) is 5.91 Å². The van der Waals surface area contributed by atoms with Crippen molar-refractivity contribution in [3.8, 4) is 0 Å². The first-order valence-electron chi connectivity index (χ1n) is 7.63. The molecule has 1 amide bonds. The standard InChI is InChI=1S/C15H23N3OS/c1-3-18(10(2)19)15-17-13(9-20-15)8-16-14-7-11-4-5-12(14)6-11/h9,11-12,14,16H,3-8H2,1-2H3. The van der Waals surface area contributed by atoms with E-state index in [1.54, 1.807) is 23.2 Å². The lowest BCUT2D eigenvalue weighted by Gasteiger charge is -2.22. The number of thiazole rings is 1. The van der Waals surface area contributed by atoms with Crippen LogP contribution >= 0.6 is 11.3 Å². The first-order valence-corrected chi connectivity index (χ1v) is 8.51. The number of fused-ring (bicyclic) bond motifs is 2. The SMILES string of the molecule is CCN(C(C)=O)c1nc(CNC2CC3CCC2C3)cs1. The molecule has 0 saturated heterocycles. The molecule has 2 fully saturated rings. The molecule has 3 unspecified atom stereocenters. The molecule has 0 spiro atoms. The van der Waals surface area contributed by atoms with E-state index in [0.717, 1.165) is 29.2 Å². The second-order valence-corrected chi connectivity index (χ2v) is 6.88. The second-order valence-electron chi connectivity index (χ2n) is 6.05. The van der Waals surface area contributed by atoms with Crippen LogP contribution in [0.5, 0.6) is 0 Å². The fourth-order valence-corrected chi connectivity index (χ4v) is 4.66. The van der Waals surface area contributed by atoms with E-state index >= 15 is 0 Å². The van der Waals surface area contributed by atoms with E-state index in [4.69, 9.17) is 0 Å². The van der Waals surface area contributed by atoms with Crippen molar-refractivity contribution in [1.82, 2.24) is 10.3 Å². The fourth-order valence-electron chi connectivity index (χ4n) is 3.72. The van der Waals surface area contributed by atoms with Gasteiger partial charge in [0.25, 0.3) is 0 Å². The quantitative estimate of drug-likeness (QED) is 0.908. The zero-order chi connectivity index (χ0) is 14.1. The van der Waals surface area contributed by atoms with Crippen LogP contribution in [0.4, 0.5) is 5.13 Å². The minimum Gasteiger partial charge on any atom is -0.308 e. The van der Waals surface area contributed by atoms with Crippen LogP contribution in [0.2, 0.25) is 0 Å². The van der Waals surface area contributed by atoms with E-state index in [0.29, 0.717) is 12.6 Å². The molecular weight excluding hydrogens is 270 g/mol. The van der Waals surface area contributed by atoms with Gasteiger partial charge in [0.1, 0.15) is 0 Å². The number of nitrogens with zero attached hydrogens (tertiary/aromatic N) is 2. The second kappa shape index (κ2) is 5.82. The maximum atomic E-state index is 11.5. The summed E-state index contributed by atoms with van der Waals surface area (Å²) in [7, 11) is 0. The van der Waals surface area contributed by atoms with Crippen molar-refractivity contribution in [2.24, 2.45) is 11.8 Å². The maximum Gasteiger partial charge on any atom is 0.225 e. The number of aromatic nitrogens is 1. The Morgan fingerprint density at radius 3 is 2.95 bits per heavy atom. The molecule has 2 aliphatic carbocycles. The number of rotatable bonds is 5. The molecule has 2 saturated carbocycles. The molecule has 2 bridgehead atoms. The molecule has 0 radical (unpaired) electrons. The van der Waals surface area contributed by atoms with Crippen molar-refractivity contribution >= 4 is 22.4 Å². The predicted octanol–water partition coefficient (Wildman–Crippen LogP) is 2.79. The van der Waals surface area contributed by atoms with Gasteiger partial charge in [-0.3, -0.25) is 9.69 Å². The van der Waals surface area contributed by atoms with Crippen LogP contribution in [-0.2, 0) is 11.3 Å². The zero-order valence-corrected chi connectivity index (χ0v) is 13.1. The normalized spacial score (nSPS) is 28.0. The molecule has 0 aliphatic heterocycles. The van der Waals surface area contributed by atoms with Crippen LogP contribution in [0, 0.1) is 11.8 Å². The summed E-state index contributed by atoms with van der Waals surface area (Å²) in [5.41, 5.74) is 1.06. The van der Waals surface area contributed by atoms with Gasteiger partial charge in [-0.2, -0.15) is 0 Å². The summed E-state index contributed by atoms with van der Waals surface area (Å²) in [6.07, 6.45) is 5.61. The lowest BCUT2D eigenvalue weighted by molar-refractivity contribution is -0.116. The number of hydrogen-bond acceptors (Lipinski definition) is 4. The molecule has 0 aromatic carbocycles. The minimum atomic E-state index is 0.0643. The van der Waals surface area contributed by atoms with Gasteiger partial charge < -0.3 is 5.32 Å². The Bertz CT molecular complexity index is 487. The van der Waals surface area contributed by atoms with Crippen molar-refractivity contribution in [3.63, 3.8) is 0 Å². The summed E-state index contributed by atoms with van der Waals surface area (Å²) < 4.78 is 0. The smallest absolute Gasteiger partial charge is 0.225 e. The molecule has 1 aromatic rings. The van der Waals surface area contributed by atoms with Crippen LogP contribution in [0.3, 0.4) is 0 Å². The summed E-state index contributed by atoms with van der Waals surface area (Å²) in [5.74, 6) is 1.92. The highest BCUT2D eigenvalue weighted by molar-refractivity contribution is 7.14. The molecule has 4 nitrogen and oxygen atoms in total. The number of anilines is 1. The summed E-state index contributed by atoms with van der Waals surface area (Å²) in [6, 6.07) is 0.689. The lowest BCUT2D eigenvalue weighted by Crippen LogP contribution is -2.33. The van der Waals surface area contributed by atoms with Crippen molar-refractivity contribution in [2.75, 3.05) is 11.4 Å². The predicted molar refractivity (Wildman–Crippen MR) is 81.9 cm³/mol. The lowest BCUT2D eigenvalue weighted by atomic mass is 9.95. The number of amides is 1. The van der Waals surface area contributed by atoms with Crippen LogP contribution in [-0.4, -0.2) is 23.5 Å². The minimum absolute atomic E-state index is 0.0643. The highest BCUT2D eigenvalue weighted by atomic mass is 32.1. The highest BCUT2D eigenvalue weighted by Crippen LogP contribution is 2.44. The Morgan fingerprint density at radius 2 is 2.35 bits per heavy atom. The molecule has 1 N–H and O–H groups in total. The van der Waals surface area contributed by atoms with Gasteiger partial charge in [0, 0.05) is 31.4 Å². The largest absolute Gasteiger partial charge is 0.308 e. The Hall–Kier alpha value is -0.940. The molecule has 2 aliphatic rings. The monoisotopic (exact) mass is 293 g/mol. The molecule has 3 rings (SSSR count). The first-order chi connectivity index (χ1) is 9.67. The van der Waals surface area contributed by atoms with Crippen molar-refractivity contribution in [1.29, 1.82) is 0 Å². The third-order valence-electron chi connectivity index (χ3n) is 4.75. The Balaban J connectivity index is 1.56. The van der Waals surface area contributed by atoms with Gasteiger partial charge in [-0.05, 0) is 38.0 Å². The molecule has 20 heavy (non-hydrogen) atoms. The zero-order valence-electron chi connectivity index (χ0n) is 12.3. The molecular formula is C15H23N3OS. The van der Waals surface area contributed by atoms with Gasteiger partial charge in [0.15, 0.2) is 5.13 Å². The van der Waals surface area contributed by atoms with E-state index in [2.05, 4.69) is 15.7 Å². The molecule has 1 heterocycles. The van der Waals surface area contributed by atoms with Crippen LogP contribution in [0.15, 0.2) is 5.38 Å². The van der Waals surface area contributed by atoms with E-state index in [1.165, 1.54) is 25.7 Å². The van der Waals surface area contributed by atoms with Crippen LogP contribution in [0.1, 0.15) is 45.2 Å². The van der Waals surface area contributed by atoms with E-state index < -0.39 is 0 Å². The average Bonchev–Trinajstić information content (AvgIpc) is 3.13. The van der Waals surface area contributed by atoms with Gasteiger partial charge in [-0.1, -0.05) is 6.42 Å². The summed E-state index contributed by atoms with van der Waals surface area (Å²) in [4.78, 5) is 17.8. The molecule has 110 valence electrons. The number of hydrogen-bond donors (Lipinski definition) is 1. The highest BCUT2D eigenvalue weighted by Gasteiger charge is 2.39. The fraction of sp³-hybridized carbons (Fsp3) is 0.733. The van der Waals surface area contributed by atoms with Crippen LogP contribution < -0.4 is 10.2 Å². The third kappa shape index (κ3) is 2.74. The maximum absolute atomic E-state index is 11.5. The van der Waals surface area contributed by atoms with Crippen molar-refractivity contribution in [2.45, 2.75) is 52.1 Å². The summed E-state index contributed by atoms with van der Waals surface area (Å²) in [5, 5.41) is 6.56. The number of carbonyl (C=O) groups excluding carboxylic acids is 1. The van der Waals surface area contributed by atoms with Gasteiger partial charge >= 0.3 is 0 Å². The number of nitrogens with one attached hydrogen (secondary N) is 1. The molecule has 5 heteroatoms.